The Morgan fingerprint density at radius 3 is 2.84 bits per heavy atom. The van der Waals surface area contributed by atoms with E-state index in [2.05, 4.69) is 4.98 Å². The van der Waals surface area contributed by atoms with E-state index in [1.54, 1.807) is 7.05 Å². The van der Waals surface area contributed by atoms with Gasteiger partial charge in [-0.05, 0) is 24.8 Å². The number of carbonyl (C=O) groups excluding carboxylic acids is 1. The van der Waals surface area contributed by atoms with Crippen LogP contribution in [0, 0.1) is 16.0 Å². The third-order valence-corrected chi connectivity index (χ3v) is 3.43. The number of hydrogen-bond donors (Lipinski definition) is 1. The first-order valence-electron chi connectivity index (χ1n) is 6.14. The van der Waals surface area contributed by atoms with Crippen molar-refractivity contribution in [3.63, 3.8) is 0 Å². The third-order valence-electron chi connectivity index (χ3n) is 3.43. The normalized spacial score (nSPS) is 14.8. The van der Waals surface area contributed by atoms with E-state index >= 15 is 0 Å². The molecule has 19 heavy (non-hydrogen) atoms. The molecule has 0 spiro atoms. The highest BCUT2D eigenvalue weighted by molar-refractivity contribution is 5.98. The number of aromatic nitrogens is 1. The molecule has 1 saturated carbocycles. The first kappa shape index (κ1) is 13.3. The summed E-state index contributed by atoms with van der Waals surface area (Å²) in [6.45, 7) is 0.623. The van der Waals surface area contributed by atoms with E-state index in [0.29, 0.717) is 12.5 Å². The van der Waals surface area contributed by atoms with Crippen molar-refractivity contribution in [1.82, 2.24) is 9.88 Å². The van der Waals surface area contributed by atoms with Crippen molar-refractivity contribution in [2.24, 2.45) is 5.92 Å². The number of carbonyl (C=O) groups is 1. The highest BCUT2D eigenvalue weighted by Crippen LogP contribution is 2.28. The highest BCUT2D eigenvalue weighted by atomic mass is 16.6. The van der Waals surface area contributed by atoms with E-state index in [1.165, 1.54) is 17.4 Å². The Morgan fingerprint density at radius 2 is 2.32 bits per heavy atom. The molecular weight excluding hydrogens is 248 g/mol. The van der Waals surface area contributed by atoms with Crippen molar-refractivity contribution < 1.29 is 9.72 Å². The van der Waals surface area contributed by atoms with Crippen LogP contribution in [0.25, 0.3) is 0 Å². The molecule has 2 rings (SSSR count). The van der Waals surface area contributed by atoms with Crippen LogP contribution in [0.5, 0.6) is 0 Å². The standard InChI is InChI=1S/C12H16N4O3/c1-15(7-8-3-2-4-8)12(17)9-5-11(13)14-6-10(9)16(18)19/h5-6,8H,2-4,7H2,1H3,(H2,13,14). The van der Waals surface area contributed by atoms with E-state index in [9.17, 15) is 14.9 Å². The number of nitro groups is 1. The molecule has 2 N–H and O–H groups in total. The number of anilines is 1. The lowest BCUT2D eigenvalue weighted by atomic mass is 9.85. The van der Waals surface area contributed by atoms with Gasteiger partial charge in [-0.3, -0.25) is 14.9 Å². The molecule has 0 aromatic carbocycles. The maximum Gasteiger partial charge on any atom is 0.300 e. The minimum atomic E-state index is -0.614. The van der Waals surface area contributed by atoms with Gasteiger partial charge in [0, 0.05) is 13.6 Å². The Balaban J connectivity index is 2.21. The van der Waals surface area contributed by atoms with Gasteiger partial charge in [-0.25, -0.2) is 4.98 Å². The number of nitrogen functional groups attached to an aromatic ring is 1. The lowest BCUT2D eigenvalue weighted by Gasteiger charge is -2.30. The Hall–Kier alpha value is -2.18. The maximum atomic E-state index is 12.2. The SMILES string of the molecule is CN(CC1CCC1)C(=O)c1cc(N)ncc1[N+](=O)[O-]. The van der Waals surface area contributed by atoms with Crippen LogP contribution in [0.15, 0.2) is 12.3 Å². The number of nitrogens with two attached hydrogens (primary N) is 1. The van der Waals surface area contributed by atoms with Gasteiger partial charge in [0.05, 0.1) is 4.92 Å². The second-order valence-corrected chi connectivity index (χ2v) is 4.87. The van der Waals surface area contributed by atoms with Gasteiger partial charge in [-0.2, -0.15) is 0 Å². The molecule has 1 aliphatic rings. The highest BCUT2D eigenvalue weighted by Gasteiger charge is 2.27. The largest absolute Gasteiger partial charge is 0.384 e. The van der Waals surface area contributed by atoms with E-state index < -0.39 is 4.92 Å². The van der Waals surface area contributed by atoms with Crippen LogP contribution in [-0.2, 0) is 0 Å². The van der Waals surface area contributed by atoms with Gasteiger partial charge in [-0.15, -0.1) is 0 Å². The van der Waals surface area contributed by atoms with Crippen molar-refractivity contribution in [2.45, 2.75) is 19.3 Å². The first-order chi connectivity index (χ1) is 8.99. The van der Waals surface area contributed by atoms with E-state index in [-0.39, 0.29) is 23.0 Å². The zero-order chi connectivity index (χ0) is 14.0. The molecule has 0 atom stereocenters. The van der Waals surface area contributed by atoms with E-state index in [0.717, 1.165) is 19.0 Å². The van der Waals surface area contributed by atoms with Crippen LogP contribution in [0.1, 0.15) is 29.6 Å². The zero-order valence-corrected chi connectivity index (χ0v) is 10.7. The van der Waals surface area contributed by atoms with Gasteiger partial charge in [0.2, 0.25) is 0 Å². The van der Waals surface area contributed by atoms with Gasteiger partial charge in [0.15, 0.2) is 0 Å². The summed E-state index contributed by atoms with van der Waals surface area (Å²) < 4.78 is 0. The van der Waals surface area contributed by atoms with Gasteiger partial charge in [0.1, 0.15) is 17.6 Å². The lowest BCUT2D eigenvalue weighted by molar-refractivity contribution is -0.385. The van der Waals surface area contributed by atoms with Crippen LogP contribution < -0.4 is 5.73 Å². The number of rotatable bonds is 4. The summed E-state index contributed by atoms with van der Waals surface area (Å²) >= 11 is 0. The molecule has 1 aliphatic carbocycles. The van der Waals surface area contributed by atoms with Gasteiger partial charge < -0.3 is 10.6 Å². The Kier molecular flexibility index (Phi) is 3.64. The summed E-state index contributed by atoms with van der Waals surface area (Å²) in [6.07, 6.45) is 4.44. The van der Waals surface area contributed by atoms with Gasteiger partial charge in [-0.1, -0.05) is 6.42 Å². The third kappa shape index (κ3) is 2.81. The summed E-state index contributed by atoms with van der Waals surface area (Å²) in [5.74, 6) is 0.228. The molecule has 7 heteroatoms. The molecule has 0 aliphatic heterocycles. The molecule has 1 aromatic heterocycles. The van der Waals surface area contributed by atoms with E-state index in [1.807, 2.05) is 0 Å². The molecule has 1 aromatic rings. The number of nitrogens with zero attached hydrogens (tertiary/aromatic N) is 3. The predicted molar refractivity (Wildman–Crippen MR) is 69.6 cm³/mol. The van der Waals surface area contributed by atoms with E-state index in [4.69, 9.17) is 5.73 Å². The molecule has 0 radical (unpaired) electrons. The smallest absolute Gasteiger partial charge is 0.300 e. The predicted octanol–water partition coefficient (Wildman–Crippen LogP) is 1.44. The summed E-state index contributed by atoms with van der Waals surface area (Å²) in [5.41, 5.74) is 5.19. The Bertz CT molecular complexity index is 514. The number of amides is 1. The van der Waals surface area contributed by atoms with Crippen molar-refractivity contribution in [1.29, 1.82) is 0 Å². The Labute approximate surface area is 110 Å². The molecule has 1 fully saturated rings. The maximum absolute atomic E-state index is 12.2. The fourth-order valence-electron chi connectivity index (χ4n) is 2.13. The number of pyridine rings is 1. The summed E-state index contributed by atoms with van der Waals surface area (Å²) in [5, 5.41) is 10.9. The second kappa shape index (κ2) is 5.21. The summed E-state index contributed by atoms with van der Waals surface area (Å²) in [7, 11) is 1.65. The van der Waals surface area contributed by atoms with Crippen LogP contribution in [-0.4, -0.2) is 34.3 Å². The quantitative estimate of drug-likeness (QED) is 0.654. The molecular formula is C12H16N4O3. The molecule has 0 saturated heterocycles. The number of hydrogen-bond acceptors (Lipinski definition) is 5. The van der Waals surface area contributed by atoms with Gasteiger partial charge in [0.25, 0.3) is 11.6 Å². The molecule has 0 unspecified atom stereocenters. The van der Waals surface area contributed by atoms with Crippen LogP contribution in [0.3, 0.4) is 0 Å². The first-order valence-corrected chi connectivity index (χ1v) is 6.14. The monoisotopic (exact) mass is 264 g/mol. The topological polar surface area (TPSA) is 102 Å². The molecule has 1 heterocycles. The van der Waals surface area contributed by atoms with Crippen LogP contribution in [0.4, 0.5) is 11.5 Å². The lowest BCUT2D eigenvalue weighted by Crippen LogP contribution is -2.34. The van der Waals surface area contributed by atoms with Crippen molar-refractivity contribution in [3.8, 4) is 0 Å². The average molecular weight is 264 g/mol. The summed E-state index contributed by atoms with van der Waals surface area (Å²) in [4.78, 5) is 27.7. The van der Waals surface area contributed by atoms with Crippen molar-refractivity contribution in [3.05, 3.63) is 27.9 Å². The molecule has 7 nitrogen and oxygen atoms in total. The van der Waals surface area contributed by atoms with Gasteiger partial charge >= 0.3 is 0 Å². The molecule has 1 amide bonds. The van der Waals surface area contributed by atoms with Crippen molar-refractivity contribution in [2.75, 3.05) is 19.3 Å². The zero-order valence-electron chi connectivity index (χ0n) is 10.7. The fourth-order valence-corrected chi connectivity index (χ4v) is 2.13. The minimum Gasteiger partial charge on any atom is -0.384 e. The van der Waals surface area contributed by atoms with Crippen molar-refractivity contribution >= 4 is 17.4 Å². The minimum absolute atomic E-state index is 0.000626. The van der Waals surface area contributed by atoms with Crippen LogP contribution >= 0.6 is 0 Å². The molecule has 102 valence electrons. The second-order valence-electron chi connectivity index (χ2n) is 4.87. The fraction of sp³-hybridized carbons (Fsp3) is 0.500. The average Bonchev–Trinajstić information content (AvgIpc) is 2.32. The van der Waals surface area contributed by atoms with Crippen LogP contribution in [0.2, 0.25) is 0 Å². The summed E-state index contributed by atoms with van der Waals surface area (Å²) in [6, 6.07) is 1.26. The Morgan fingerprint density at radius 1 is 1.63 bits per heavy atom. The molecule has 0 bridgehead atoms.